The second-order valence-corrected chi connectivity index (χ2v) is 9.74. The molecule has 8 nitrogen and oxygen atoms in total. The quantitative estimate of drug-likeness (QED) is 0.629. The fourth-order valence-electron chi connectivity index (χ4n) is 5.30. The van der Waals surface area contributed by atoms with Crippen LogP contribution in [0.4, 0.5) is 30.4 Å². The van der Waals surface area contributed by atoms with Gasteiger partial charge in [0.15, 0.2) is 0 Å². The number of rotatable bonds is 3. The molecule has 0 bridgehead atoms. The average Bonchev–Trinajstić information content (AvgIpc) is 2.84. The molecule has 3 aliphatic rings. The van der Waals surface area contributed by atoms with Gasteiger partial charge in [-0.3, -0.25) is 4.90 Å². The van der Waals surface area contributed by atoms with E-state index in [-0.39, 0.29) is 11.0 Å². The van der Waals surface area contributed by atoms with Crippen molar-refractivity contribution in [3.8, 4) is 0 Å². The van der Waals surface area contributed by atoms with Crippen molar-refractivity contribution in [3.05, 3.63) is 47.1 Å². The number of hydrogen-bond donors (Lipinski definition) is 2. The monoisotopic (exact) mass is 520 g/mol. The molecule has 1 aliphatic carbocycles. The number of guanidine groups is 2. The Morgan fingerprint density at radius 2 is 1.50 bits per heavy atom. The van der Waals surface area contributed by atoms with Gasteiger partial charge in [-0.25, -0.2) is 9.98 Å². The summed E-state index contributed by atoms with van der Waals surface area (Å²) in [5.41, 5.74) is 12.9. The Balaban J connectivity index is 1.28. The first-order valence-corrected chi connectivity index (χ1v) is 12.4. The van der Waals surface area contributed by atoms with E-state index >= 15 is 0 Å². The number of nitrogens with two attached hydrogens (primary N) is 2. The van der Waals surface area contributed by atoms with Gasteiger partial charge in [0.25, 0.3) is 0 Å². The number of pyridine rings is 1. The van der Waals surface area contributed by atoms with Gasteiger partial charge < -0.3 is 21.3 Å². The maximum Gasteiger partial charge on any atom is 0.417 e. The molecule has 2 fully saturated rings. The predicted octanol–water partition coefficient (Wildman–Crippen LogP) is 4.19. The number of aliphatic imine (C=N–C) groups is 2. The molecule has 192 valence electrons. The van der Waals surface area contributed by atoms with Crippen LogP contribution >= 0.6 is 11.6 Å². The zero-order valence-corrected chi connectivity index (χ0v) is 20.4. The van der Waals surface area contributed by atoms with Crippen molar-refractivity contribution in [2.24, 2.45) is 21.5 Å². The minimum absolute atomic E-state index is 0.00310. The summed E-state index contributed by atoms with van der Waals surface area (Å²) in [5.74, 6) is 0.951. The van der Waals surface area contributed by atoms with E-state index < -0.39 is 17.4 Å². The Labute approximate surface area is 212 Å². The maximum absolute atomic E-state index is 12.9. The van der Waals surface area contributed by atoms with Crippen molar-refractivity contribution in [3.63, 3.8) is 0 Å². The van der Waals surface area contributed by atoms with Gasteiger partial charge in [-0.2, -0.15) is 18.2 Å². The van der Waals surface area contributed by atoms with Gasteiger partial charge >= 0.3 is 6.18 Å². The highest BCUT2D eigenvalue weighted by Gasteiger charge is 2.42. The third-order valence-electron chi connectivity index (χ3n) is 7.05. The number of alkyl halides is 3. The highest BCUT2D eigenvalue weighted by molar-refractivity contribution is 6.33. The third-order valence-corrected chi connectivity index (χ3v) is 7.33. The van der Waals surface area contributed by atoms with Crippen LogP contribution in [0.15, 0.2) is 46.5 Å². The van der Waals surface area contributed by atoms with E-state index in [1.54, 1.807) is 0 Å². The van der Waals surface area contributed by atoms with Crippen LogP contribution < -0.4 is 26.2 Å². The van der Waals surface area contributed by atoms with Gasteiger partial charge in [0, 0.05) is 43.8 Å². The van der Waals surface area contributed by atoms with Crippen LogP contribution in [0, 0.1) is 0 Å². The smallest absolute Gasteiger partial charge is 0.369 e. The molecule has 1 aromatic carbocycles. The van der Waals surface area contributed by atoms with Gasteiger partial charge in [0.1, 0.15) is 11.5 Å². The number of benzene rings is 1. The molecule has 12 heteroatoms. The van der Waals surface area contributed by atoms with Gasteiger partial charge in [-0.05, 0) is 56.0 Å². The lowest BCUT2D eigenvalue weighted by Gasteiger charge is -2.45. The first kappa shape index (κ1) is 24.5. The van der Waals surface area contributed by atoms with E-state index in [1.165, 1.54) is 6.42 Å². The Hall–Kier alpha value is -3.21. The van der Waals surface area contributed by atoms with Crippen molar-refractivity contribution in [1.82, 2.24) is 4.98 Å². The molecule has 4 N–H and O–H groups in total. The van der Waals surface area contributed by atoms with Gasteiger partial charge in [0.05, 0.1) is 10.6 Å². The van der Waals surface area contributed by atoms with E-state index in [9.17, 15) is 13.2 Å². The summed E-state index contributed by atoms with van der Waals surface area (Å²) in [6.07, 6.45) is 1.38. The van der Waals surface area contributed by atoms with Crippen molar-refractivity contribution >= 4 is 40.7 Å². The van der Waals surface area contributed by atoms with Crippen molar-refractivity contribution < 1.29 is 13.2 Å². The van der Waals surface area contributed by atoms with Crippen molar-refractivity contribution in [1.29, 1.82) is 0 Å². The molecular weight excluding hydrogens is 493 g/mol. The normalized spacial score (nSPS) is 20.4. The lowest BCUT2D eigenvalue weighted by Crippen LogP contribution is -2.58. The number of aromatic nitrogens is 1. The molecule has 0 amide bonds. The highest BCUT2D eigenvalue weighted by atomic mass is 35.5. The Morgan fingerprint density at radius 1 is 0.889 bits per heavy atom. The third kappa shape index (κ3) is 4.63. The fraction of sp³-hybridized carbons (Fsp3) is 0.458. The maximum atomic E-state index is 12.9. The largest absolute Gasteiger partial charge is 0.417 e. The molecule has 1 saturated heterocycles. The molecule has 0 unspecified atom stereocenters. The summed E-state index contributed by atoms with van der Waals surface area (Å²) in [7, 11) is 0. The van der Waals surface area contributed by atoms with Crippen LogP contribution in [0.5, 0.6) is 0 Å². The molecule has 0 atom stereocenters. The zero-order valence-electron chi connectivity index (χ0n) is 19.7. The fourth-order valence-corrected chi connectivity index (χ4v) is 5.59. The summed E-state index contributed by atoms with van der Waals surface area (Å²) in [6, 6.07) is 9.05. The Bertz CT molecular complexity index is 1170. The number of anilines is 3. The Kier molecular flexibility index (Phi) is 6.36. The second-order valence-electron chi connectivity index (χ2n) is 9.34. The molecule has 1 saturated carbocycles. The summed E-state index contributed by atoms with van der Waals surface area (Å²) in [5, 5.41) is 0.00310. The summed E-state index contributed by atoms with van der Waals surface area (Å²) >= 11 is 6.14. The second kappa shape index (κ2) is 9.34. The average molecular weight is 521 g/mol. The molecule has 3 heterocycles. The number of halogens is 4. The Morgan fingerprint density at radius 3 is 2.11 bits per heavy atom. The van der Waals surface area contributed by atoms with Crippen molar-refractivity contribution in [2.45, 2.75) is 43.9 Å². The van der Waals surface area contributed by atoms with Crippen LogP contribution in [-0.4, -0.2) is 48.7 Å². The van der Waals surface area contributed by atoms with Gasteiger partial charge in [-0.1, -0.05) is 18.0 Å². The predicted molar refractivity (Wildman–Crippen MR) is 137 cm³/mol. The lowest BCUT2D eigenvalue weighted by molar-refractivity contribution is -0.137. The molecule has 5 rings (SSSR count). The molecule has 2 aromatic rings. The standard InChI is InChI=1S/C24H28ClF3N8/c25-19-14-16(24(26,27)28)15-31-20(19)35-12-10-34(11-13-35)17-4-6-18(7-5-17)36-22(30)32-21(29)33-23(36)8-2-1-3-9-23/h4-7,14-15H,1-3,8-13H2,(H4,29,30,32,33). The molecular formula is C24H28ClF3N8. The minimum Gasteiger partial charge on any atom is -0.369 e. The zero-order chi connectivity index (χ0) is 25.5. The number of nitrogens with zero attached hydrogens (tertiary/aromatic N) is 6. The van der Waals surface area contributed by atoms with Crippen LogP contribution in [0.1, 0.15) is 37.7 Å². The SMILES string of the molecule is NC1=NC2(CCCCC2)N(c2ccc(N3CCN(c4ncc(C(F)(F)F)cc4Cl)CC3)cc2)C(N)=N1. The lowest BCUT2D eigenvalue weighted by atomic mass is 9.87. The first-order valence-electron chi connectivity index (χ1n) is 12.0. The van der Waals surface area contributed by atoms with E-state index in [0.29, 0.717) is 38.0 Å². The van der Waals surface area contributed by atoms with E-state index in [4.69, 9.17) is 28.1 Å². The summed E-state index contributed by atoms with van der Waals surface area (Å²) in [4.78, 5) is 19.1. The summed E-state index contributed by atoms with van der Waals surface area (Å²) in [6.45, 7) is 2.53. The molecule has 36 heavy (non-hydrogen) atoms. The van der Waals surface area contributed by atoms with E-state index in [1.807, 2.05) is 34.1 Å². The van der Waals surface area contributed by atoms with E-state index in [2.05, 4.69) is 14.9 Å². The van der Waals surface area contributed by atoms with Crippen LogP contribution in [0.2, 0.25) is 5.02 Å². The number of hydrogen-bond acceptors (Lipinski definition) is 8. The van der Waals surface area contributed by atoms with Crippen LogP contribution in [0.3, 0.4) is 0 Å². The van der Waals surface area contributed by atoms with Gasteiger partial charge in [0.2, 0.25) is 11.9 Å². The topological polar surface area (TPSA) is 99.4 Å². The van der Waals surface area contributed by atoms with Crippen molar-refractivity contribution in [2.75, 3.05) is 40.9 Å². The first-order chi connectivity index (χ1) is 17.2. The van der Waals surface area contributed by atoms with E-state index in [0.717, 1.165) is 49.3 Å². The van der Waals surface area contributed by atoms with Crippen LogP contribution in [0.25, 0.3) is 0 Å². The molecule has 0 radical (unpaired) electrons. The van der Waals surface area contributed by atoms with Crippen LogP contribution in [-0.2, 0) is 6.18 Å². The highest BCUT2D eigenvalue weighted by Crippen LogP contribution is 2.40. The van der Waals surface area contributed by atoms with Gasteiger partial charge in [-0.15, -0.1) is 0 Å². The minimum atomic E-state index is -4.47. The molecule has 1 spiro atoms. The molecule has 1 aromatic heterocycles. The number of piperazine rings is 1. The summed E-state index contributed by atoms with van der Waals surface area (Å²) < 4.78 is 38.8. The molecule has 2 aliphatic heterocycles.